The number of carbonyl (C=O) groups excluding carboxylic acids is 3. The Kier molecular flexibility index (Phi) is 21.6. The Morgan fingerprint density at radius 1 is 0.385 bits per heavy atom. The Bertz CT molecular complexity index is 4720. The number of aromatic nitrogens is 3. The summed E-state index contributed by atoms with van der Waals surface area (Å²) in [7, 11) is 10.4. The third-order valence-electron chi connectivity index (χ3n) is 22.9. The smallest absolute Gasteiger partial charge is 0.259 e. The molecule has 0 unspecified atom stereocenters. The molecule has 2 saturated carbocycles. The summed E-state index contributed by atoms with van der Waals surface area (Å²) in [5.41, 5.74) is 20.8. The molecule has 2 aliphatic carbocycles. The number of amides is 3. The van der Waals surface area contributed by atoms with Gasteiger partial charge in [0.05, 0.1) is 19.6 Å². The molecule has 9 heterocycles. The molecule has 0 bridgehead atoms. The van der Waals surface area contributed by atoms with Gasteiger partial charge in [-0.2, -0.15) is 0 Å². The van der Waals surface area contributed by atoms with Gasteiger partial charge in [0.1, 0.15) is 0 Å². The van der Waals surface area contributed by atoms with Crippen molar-refractivity contribution in [3.8, 4) is 11.1 Å². The molecule has 13 nitrogen and oxygen atoms in total. The lowest BCUT2D eigenvalue weighted by molar-refractivity contribution is 0.0989. The maximum atomic E-state index is 13.0. The van der Waals surface area contributed by atoms with E-state index in [0.29, 0.717) is 19.6 Å². The fourth-order valence-corrected chi connectivity index (χ4v) is 21.5. The number of hydrogen-bond donors (Lipinski definition) is 1. The Hall–Kier alpha value is -8.94. The van der Waals surface area contributed by atoms with E-state index in [0.717, 1.165) is 97.8 Å². The lowest BCUT2D eigenvalue weighted by atomic mass is 9.99. The summed E-state index contributed by atoms with van der Waals surface area (Å²) in [6.07, 6.45) is 28.5. The van der Waals surface area contributed by atoms with Gasteiger partial charge < -0.3 is 48.4 Å². The Labute approximate surface area is 624 Å². The minimum absolute atomic E-state index is 0.0709. The molecule has 536 valence electrons. The largest absolute Gasteiger partial charge is 0.377 e. The second-order valence-electron chi connectivity index (χ2n) is 29.9. The van der Waals surface area contributed by atoms with Crippen molar-refractivity contribution in [3.63, 3.8) is 0 Å². The number of fused-ring (bicyclic) bond motifs is 6. The van der Waals surface area contributed by atoms with Gasteiger partial charge >= 0.3 is 0 Å². The molecule has 1 N–H and O–H groups in total. The van der Waals surface area contributed by atoms with Crippen LogP contribution in [0.2, 0.25) is 0 Å². The zero-order valence-electron chi connectivity index (χ0n) is 61.4. The first kappa shape index (κ1) is 70.7. The topological polar surface area (TPSA) is 97.5 Å². The first-order valence-electron chi connectivity index (χ1n) is 38.3. The predicted octanol–water partition coefficient (Wildman–Crippen LogP) is 19.5. The Morgan fingerprint density at radius 3 is 1.18 bits per heavy atom. The van der Waals surface area contributed by atoms with E-state index in [4.69, 9.17) is 0 Å². The van der Waals surface area contributed by atoms with Crippen LogP contribution < -0.4 is 40.0 Å². The van der Waals surface area contributed by atoms with E-state index >= 15 is 0 Å². The number of halogens is 1. The van der Waals surface area contributed by atoms with Crippen molar-refractivity contribution in [2.45, 2.75) is 134 Å². The van der Waals surface area contributed by atoms with Gasteiger partial charge in [-0.3, -0.25) is 14.4 Å². The molecule has 8 aliphatic rings. The minimum Gasteiger partial charge on any atom is -0.377 e. The van der Waals surface area contributed by atoms with E-state index in [1.54, 1.807) is 5.30 Å². The quantitative estimate of drug-likeness (QED) is 0.136. The van der Waals surface area contributed by atoms with Gasteiger partial charge in [0, 0.05) is 174 Å². The van der Waals surface area contributed by atoms with Crippen molar-refractivity contribution < 1.29 is 14.4 Å². The van der Waals surface area contributed by atoms with Crippen LogP contribution in [0.25, 0.3) is 43.8 Å². The van der Waals surface area contributed by atoms with E-state index in [1.807, 2.05) is 78.4 Å². The number of nitrogens with one attached hydrogen (secondary N) is 1. The number of carbonyl (C=O) groups is 3. The van der Waals surface area contributed by atoms with Crippen molar-refractivity contribution >= 4 is 114 Å². The molecule has 0 spiro atoms. The fraction of sp³-hybridized carbons (Fsp3) is 0.360. The average Bonchev–Trinajstić information content (AvgIpc) is 1.51. The Balaban J connectivity index is 0.000000109. The zero-order valence-corrected chi connectivity index (χ0v) is 63.9. The number of aryl methyl sites for hydroxylation is 3. The number of rotatable bonds is 10. The third kappa shape index (κ3) is 15.0. The summed E-state index contributed by atoms with van der Waals surface area (Å²) >= 11 is 3.43. The van der Waals surface area contributed by atoms with E-state index in [1.165, 1.54) is 171 Å². The summed E-state index contributed by atoms with van der Waals surface area (Å²) < 4.78 is 7.22. The SMILES string of the molecule is C1CCNC1.CN(C)c1ccccc1-c1ccccc1P(C1CCCCC1)C1CCCCC1.Cn1ccc2cc(N3Cc4ccc(Br)cc4C3=O)ccc21.Cn1ccc2cc(N3Cc4ccc(N5CCCC5)cc4C3=O)ccc21.Cn1ccc2cc(N3Cc4ccc(N5CCCC5)cc4C3=O)ccc21. The number of hydrogen-bond acceptors (Lipinski definition) is 7. The molecule has 3 amide bonds. The highest BCUT2D eigenvalue weighted by Crippen LogP contribution is 2.57. The van der Waals surface area contributed by atoms with Crippen LogP contribution in [0.15, 0.2) is 199 Å². The summed E-state index contributed by atoms with van der Waals surface area (Å²) in [4.78, 5) is 51.3. The molecule has 0 atom stereocenters. The number of para-hydroxylation sites is 1. The van der Waals surface area contributed by atoms with Gasteiger partial charge in [-0.25, -0.2) is 0 Å². The van der Waals surface area contributed by atoms with Crippen LogP contribution in [0.1, 0.15) is 150 Å². The van der Waals surface area contributed by atoms with Gasteiger partial charge in [0.25, 0.3) is 17.7 Å². The number of benzene rings is 8. The zero-order chi connectivity index (χ0) is 71.4. The maximum absolute atomic E-state index is 13.0. The second kappa shape index (κ2) is 31.8. The molecular weight excluding hydrogens is 1370 g/mol. The standard InChI is InChI=1S/C26H36NP.2C21H21N3O.C17H13BrN2O.C4H9N/c1-27(2)25-19-11-9-17-23(25)24-18-10-12-20-26(24)28(21-13-5-3-6-14-21)22-15-7-4-8-16-22;2*1-22-11-8-15-12-18(6-7-20(15)22)24-14-16-4-5-17(13-19(16)21(24)25)23-9-2-3-10-23;1-19-7-6-11-8-14(4-5-16(11)19)20-10-12-2-3-13(18)9-15(12)17(20)21;1-2-4-5-3-1/h9-12,17-22H,3-8,13-16H2,1-2H3;2*4-8,11-13H,2-3,9-10,14H2,1H3;2-9H,10H2,1H3;5H,1-4H2. The first-order valence-corrected chi connectivity index (χ1v) is 40.6. The van der Waals surface area contributed by atoms with Crippen molar-refractivity contribution in [2.24, 2.45) is 21.1 Å². The van der Waals surface area contributed by atoms with Crippen LogP contribution in [-0.2, 0) is 40.8 Å². The molecule has 104 heavy (non-hydrogen) atoms. The van der Waals surface area contributed by atoms with Crippen LogP contribution in [0.5, 0.6) is 0 Å². The van der Waals surface area contributed by atoms with E-state index in [2.05, 4.69) is 216 Å². The van der Waals surface area contributed by atoms with Crippen molar-refractivity contribution in [2.75, 3.05) is 82.8 Å². The molecule has 6 aliphatic heterocycles. The molecule has 11 aromatic rings. The van der Waals surface area contributed by atoms with E-state index in [-0.39, 0.29) is 25.6 Å². The van der Waals surface area contributed by atoms with Crippen LogP contribution in [-0.4, -0.2) is 96.1 Å². The lowest BCUT2D eigenvalue weighted by Gasteiger charge is -2.39. The second-order valence-corrected chi connectivity index (χ2v) is 33.6. The number of anilines is 6. The highest BCUT2D eigenvalue weighted by molar-refractivity contribution is 9.10. The third-order valence-corrected chi connectivity index (χ3v) is 27.0. The Morgan fingerprint density at radius 2 is 0.769 bits per heavy atom. The molecule has 8 aromatic carbocycles. The van der Waals surface area contributed by atoms with Crippen molar-refractivity contribution in [1.82, 2.24) is 19.0 Å². The molecule has 5 fully saturated rings. The highest BCUT2D eigenvalue weighted by atomic mass is 79.9. The summed E-state index contributed by atoms with van der Waals surface area (Å²) in [6.45, 7) is 8.85. The van der Waals surface area contributed by atoms with Gasteiger partial charge in [-0.05, 0) is 231 Å². The van der Waals surface area contributed by atoms with Crippen LogP contribution >= 0.6 is 23.9 Å². The van der Waals surface area contributed by atoms with Crippen molar-refractivity contribution in [3.05, 3.63) is 232 Å². The molecule has 15 heteroatoms. The average molecular weight is 1470 g/mol. The minimum atomic E-state index is -0.0867. The monoisotopic (exact) mass is 1470 g/mol. The molecule has 3 saturated heterocycles. The van der Waals surface area contributed by atoms with Crippen LogP contribution in [0.4, 0.5) is 34.1 Å². The molecule has 3 aromatic heterocycles. The highest BCUT2D eigenvalue weighted by Gasteiger charge is 2.36. The van der Waals surface area contributed by atoms with Gasteiger partial charge in [0.15, 0.2) is 0 Å². The summed E-state index contributed by atoms with van der Waals surface area (Å²) in [5, 5.41) is 8.41. The molecular formula is C89H100BrN10O3P. The fourth-order valence-electron chi connectivity index (χ4n) is 17.2. The van der Waals surface area contributed by atoms with Crippen LogP contribution in [0.3, 0.4) is 0 Å². The van der Waals surface area contributed by atoms with E-state index < -0.39 is 0 Å². The van der Waals surface area contributed by atoms with E-state index in [9.17, 15) is 14.4 Å². The number of nitrogens with zero attached hydrogens (tertiary/aromatic N) is 9. The van der Waals surface area contributed by atoms with Gasteiger partial charge in [-0.1, -0.05) is 123 Å². The summed E-state index contributed by atoms with van der Waals surface area (Å²) in [5.74, 6) is 0.305. The normalized spacial score (nSPS) is 17.3. The van der Waals surface area contributed by atoms with Crippen molar-refractivity contribution in [1.29, 1.82) is 0 Å². The summed E-state index contributed by atoms with van der Waals surface area (Å²) in [6, 6.07) is 62.0. The van der Waals surface area contributed by atoms with Gasteiger partial charge in [-0.15, -0.1) is 0 Å². The molecule has 19 rings (SSSR count). The maximum Gasteiger partial charge on any atom is 0.259 e. The first-order chi connectivity index (χ1) is 50.8. The molecule has 0 radical (unpaired) electrons. The predicted molar refractivity (Wildman–Crippen MR) is 439 cm³/mol. The van der Waals surface area contributed by atoms with Gasteiger partial charge in [0.2, 0.25) is 0 Å². The lowest BCUT2D eigenvalue weighted by Crippen LogP contribution is -2.27. The van der Waals surface area contributed by atoms with Crippen LogP contribution in [0, 0.1) is 0 Å².